The van der Waals surface area contributed by atoms with E-state index in [2.05, 4.69) is 5.32 Å². The highest BCUT2D eigenvalue weighted by Crippen LogP contribution is 2.25. The number of carbonyl (C=O) groups excluding carboxylic acids is 1. The summed E-state index contributed by atoms with van der Waals surface area (Å²) in [7, 11) is 0. The zero-order valence-electron chi connectivity index (χ0n) is 11.2. The molecule has 1 aromatic carbocycles. The second-order valence-electron chi connectivity index (χ2n) is 5.17. The average molecular weight is 278 g/mol. The molecule has 1 aromatic rings. The van der Waals surface area contributed by atoms with Crippen LogP contribution in [0.4, 0.5) is 5.69 Å². The van der Waals surface area contributed by atoms with Gasteiger partial charge in [-0.1, -0.05) is 19.3 Å². The molecule has 0 aromatic heterocycles. The van der Waals surface area contributed by atoms with Gasteiger partial charge in [0.05, 0.1) is 4.92 Å². The molecule has 0 unspecified atom stereocenters. The lowest BCUT2D eigenvalue weighted by Crippen LogP contribution is -2.30. The van der Waals surface area contributed by atoms with Crippen LogP contribution in [0.15, 0.2) is 18.2 Å². The fourth-order valence-electron chi connectivity index (χ4n) is 2.59. The first kappa shape index (κ1) is 14.3. The van der Waals surface area contributed by atoms with Crippen molar-refractivity contribution in [2.24, 2.45) is 5.92 Å². The normalized spacial score (nSPS) is 15.8. The number of phenols is 1. The second-order valence-corrected chi connectivity index (χ2v) is 5.17. The van der Waals surface area contributed by atoms with E-state index in [9.17, 15) is 20.0 Å². The zero-order valence-corrected chi connectivity index (χ0v) is 11.2. The summed E-state index contributed by atoms with van der Waals surface area (Å²) in [6.45, 7) is 0.533. The van der Waals surface area contributed by atoms with E-state index in [0.717, 1.165) is 25.0 Å². The molecule has 0 heterocycles. The Kier molecular flexibility index (Phi) is 4.55. The van der Waals surface area contributed by atoms with Gasteiger partial charge in [0.2, 0.25) is 0 Å². The summed E-state index contributed by atoms with van der Waals surface area (Å²) in [5.74, 6) is -0.208. The molecule has 2 N–H and O–H groups in total. The lowest BCUT2D eigenvalue weighted by atomic mass is 9.89. The van der Waals surface area contributed by atoms with Crippen molar-refractivity contribution in [2.45, 2.75) is 32.1 Å². The highest BCUT2D eigenvalue weighted by Gasteiger charge is 2.22. The summed E-state index contributed by atoms with van der Waals surface area (Å²) in [6, 6.07) is 3.48. The van der Waals surface area contributed by atoms with Crippen LogP contribution in [0.3, 0.4) is 0 Å². The van der Waals surface area contributed by atoms with Crippen molar-refractivity contribution >= 4 is 11.6 Å². The number of hydrogen-bond acceptors (Lipinski definition) is 4. The number of amides is 1. The molecule has 1 fully saturated rings. The Labute approximate surface area is 117 Å². The number of hydrogen-bond donors (Lipinski definition) is 2. The number of nitrogens with one attached hydrogen (secondary N) is 1. The molecule has 0 bridgehead atoms. The van der Waals surface area contributed by atoms with Gasteiger partial charge in [0.25, 0.3) is 11.6 Å². The Morgan fingerprint density at radius 3 is 2.70 bits per heavy atom. The van der Waals surface area contributed by atoms with Gasteiger partial charge in [-0.2, -0.15) is 0 Å². The molecule has 0 aliphatic heterocycles. The van der Waals surface area contributed by atoms with Crippen molar-refractivity contribution in [1.29, 1.82) is 0 Å². The zero-order chi connectivity index (χ0) is 14.5. The number of nitro groups is 1. The summed E-state index contributed by atoms with van der Waals surface area (Å²) < 4.78 is 0. The number of nitrogens with zero attached hydrogens (tertiary/aromatic N) is 1. The minimum Gasteiger partial charge on any atom is -0.508 e. The standard InChI is InChI=1S/C14H18N2O4/c17-11-6-7-13(16(19)20)12(8-11)14(18)15-9-10-4-2-1-3-5-10/h6-8,10,17H,1-5,9H2,(H,15,18). The van der Waals surface area contributed by atoms with Crippen LogP contribution in [0, 0.1) is 16.0 Å². The fourth-order valence-corrected chi connectivity index (χ4v) is 2.59. The largest absolute Gasteiger partial charge is 0.508 e. The number of nitro benzene ring substituents is 1. The Morgan fingerprint density at radius 1 is 1.35 bits per heavy atom. The van der Waals surface area contributed by atoms with Gasteiger partial charge in [-0.15, -0.1) is 0 Å². The van der Waals surface area contributed by atoms with Gasteiger partial charge in [0.1, 0.15) is 11.3 Å². The third-order valence-corrected chi connectivity index (χ3v) is 3.70. The summed E-state index contributed by atoms with van der Waals surface area (Å²) in [5.41, 5.74) is -0.380. The van der Waals surface area contributed by atoms with Gasteiger partial charge in [-0.3, -0.25) is 14.9 Å². The van der Waals surface area contributed by atoms with Gasteiger partial charge in [-0.05, 0) is 30.9 Å². The number of carbonyl (C=O) groups is 1. The summed E-state index contributed by atoms with van der Waals surface area (Å²) in [6.07, 6.45) is 5.76. The maximum Gasteiger partial charge on any atom is 0.282 e. The third-order valence-electron chi connectivity index (χ3n) is 3.70. The van der Waals surface area contributed by atoms with Crippen LogP contribution in [0.1, 0.15) is 42.5 Å². The fraction of sp³-hybridized carbons (Fsp3) is 0.500. The molecule has 1 amide bonds. The SMILES string of the molecule is O=C(NCC1CCCCC1)c1cc(O)ccc1[N+](=O)[O-]. The summed E-state index contributed by atoms with van der Waals surface area (Å²) in [5, 5.41) is 23.0. The first-order chi connectivity index (χ1) is 9.58. The van der Waals surface area contributed by atoms with E-state index in [1.54, 1.807) is 0 Å². The third kappa shape index (κ3) is 3.46. The van der Waals surface area contributed by atoms with Crippen LogP contribution in [0.5, 0.6) is 5.75 Å². The Morgan fingerprint density at radius 2 is 2.05 bits per heavy atom. The molecule has 0 spiro atoms. The number of benzene rings is 1. The molecule has 0 saturated heterocycles. The second kappa shape index (κ2) is 6.36. The van der Waals surface area contributed by atoms with Crippen molar-refractivity contribution < 1.29 is 14.8 Å². The maximum atomic E-state index is 12.0. The Bertz CT molecular complexity index is 510. The quantitative estimate of drug-likeness (QED) is 0.654. The highest BCUT2D eigenvalue weighted by atomic mass is 16.6. The molecular weight excluding hydrogens is 260 g/mol. The van der Waals surface area contributed by atoms with E-state index in [1.165, 1.54) is 25.3 Å². The molecule has 1 aliphatic carbocycles. The van der Waals surface area contributed by atoms with Crippen molar-refractivity contribution in [3.05, 3.63) is 33.9 Å². The van der Waals surface area contributed by atoms with E-state index in [4.69, 9.17) is 0 Å². The van der Waals surface area contributed by atoms with E-state index in [1.807, 2.05) is 0 Å². The van der Waals surface area contributed by atoms with Crippen LogP contribution in [0.25, 0.3) is 0 Å². The summed E-state index contributed by atoms with van der Waals surface area (Å²) >= 11 is 0. The van der Waals surface area contributed by atoms with Crippen LogP contribution in [0.2, 0.25) is 0 Å². The molecule has 0 radical (unpaired) electrons. The minimum atomic E-state index is -0.616. The lowest BCUT2D eigenvalue weighted by Gasteiger charge is -2.21. The molecule has 1 aliphatic rings. The van der Waals surface area contributed by atoms with Gasteiger partial charge >= 0.3 is 0 Å². The van der Waals surface area contributed by atoms with Gasteiger partial charge < -0.3 is 10.4 Å². The van der Waals surface area contributed by atoms with Crippen LogP contribution in [-0.2, 0) is 0 Å². The first-order valence-corrected chi connectivity index (χ1v) is 6.83. The Hall–Kier alpha value is -2.11. The van der Waals surface area contributed by atoms with Crippen LogP contribution >= 0.6 is 0 Å². The van der Waals surface area contributed by atoms with Crippen molar-refractivity contribution in [3.63, 3.8) is 0 Å². The number of rotatable bonds is 4. The summed E-state index contributed by atoms with van der Waals surface area (Å²) in [4.78, 5) is 22.3. The van der Waals surface area contributed by atoms with Crippen molar-refractivity contribution in [1.82, 2.24) is 5.32 Å². The first-order valence-electron chi connectivity index (χ1n) is 6.83. The van der Waals surface area contributed by atoms with Crippen LogP contribution < -0.4 is 5.32 Å². The monoisotopic (exact) mass is 278 g/mol. The predicted molar refractivity (Wildman–Crippen MR) is 73.7 cm³/mol. The molecule has 6 nitrogen and oxygen atoms in total. The highest BCUT2D eigenvalue weighted by molar-refractivity contribution is 5.98. The molecule has 6 heteroatoms. The van der Waals surface area contributed by atoms with Gasteiger partial charge in [0.15, 0.2) is 0 Å². The van der Waals surface area contributed by atoms with E-state index in [0.29, 0.717) is 12.5 Å². The molecule has 2 rings (SSSR count). The molecule has 20 heavy (non-hydrogen) atoms. The van der Waals surface area contributed by atoms with Crippen LogP contribution in [-0.4, -0.2) is 22.5 Å². The van der Waals surface area contributed by atoms with E-state index < -0.39 is 10.8 Å². The molecule has 0 atom stereocenters. The molecule has 108 valence electrons. The average Bonchev–Trinajstić information content (AvgIpc) is 2.45. The lowest BCUT2D eigenvalue weighted by molar-refractivity contribution is -0.385. The predicted octanol–water partition coefficient (Wildman–Crippen LogP) is 2.61. The Balaban J connectivity index is 2.04. The molecule has 1 saturated carbocycles. The maximum absolute atomic E-state index is 12.0. The van der Waals surface area contributed by atoms with Crippen molar-refractivity contribution in [2.75, 3.05) is 6.54 Å². The van der Waals surface area contributed by atoms with E-state index >= 15 is 0 Å². The molecular formula is C14H18N2O4. The van der Waals surface area contributed by atoms with E-state index in [-0.39, 0.29) is 17.0 Å². The minimum absolute atomic E-state index is 0.0918. The van der Waals surface area contributed by atoms with Gasteiger partial charge in [-0.25, -0.2) is 0 Å². The van der Waals surface area contributed by atoms with Crippen molar-refractivity contribution in [3.8, 4) is 5.75 Å². The van der Waals surface area contributed by atoms with Gasteiger partial charge in [0, 0.05) is 12.6 Å². The number of aromatic hydroxyl groups is 1. The topological polar surface area (TPSA) is 92.5 Å². The smallest absolute Gasteiger partial charge is 0.282 e. The number of phenolic OH excluding ortho intramolecular Hbond substituents is 1.